The number of aliphatic hydroxyl groups excluding tert-OH is 1. The Bertz CT molecular complexity index is 190. The van der Waals surface area contributed by atoms with Gasteiger partial charge in [0.2, 0.25) is 5.91 Å². The summed E-state index contributed by atoms with van der Waals surface area (Å²) in [6.45, 7) is 8.63. The Morgan fingerprint density at radius 3 is 2.53 bits per heavy atom. The van der Waals surface area contributed by atoms with Crippen LogP contribution in [0.1, 0.15) is 34.1 Å². The Morgan fingerprint density at radius 2 is 2.07 bits per heavy atom. The van der Waals surface area contributed by atoms with Crippen molar-refractivity contribution in [3.63, 3.8) is 0 Å². The molecule has 0 aromatic heterocycles. The third-order valence-corrected chi connectivity index (χ3v) is 2.19. The molecule has 0 aliphatic heterocycles. The van der Waals surface area contributed by atoms with Gasteiger partial charge in [-0.1, -0.05) is 13.8 Å². The Kier molecular flexibility index (Phi) is 6.52. The first-order valence-corrected chi connectivity index (χ1v) is 5.41. The van der Waals surface area contributed by atoms with Crippen LogP contribution in [0.4, 0.5) is 0 Å². The number of amides is 1. The van der Waals surface area contributed by atoms with Crippen LogP contribution in [-0.2, 0) is 9.53 Å². The normalized spacial score (nSPS) is 11.9. The van der Waals surface area contributed by atoms with E-state index in [1.165, 1.54) is 0 Å². The number of carbonyl (C=O) groups excluding carboxylic acids is 1. The molecule has 0 aromatic carbocycles. The first-order valence-electron chi connectivity index (χ1n) is 5.41. The van der Waals surface area contributed by atoms with Crippen LogP contribution in [0.2, 0.25) is 0 Å². The van der Waals surface area contributed by atoms with Crippen LogP contribution in [0.3, 0.4) is 0 Å². The quantitative estimate of drug-likeness (QED) is 0.624. The van der Waals surface area contributed by atoms with Crippen molar-refractivity contribution in [2.45, 2.75) is 40.2 Å². The predicted octanol–water partition coefficient (Wildman–Crippen LogP) is 0.936. The van der Waals surface area contributed by atoms with Gasteiger partial charge in [0.25, 0.3) is 0 Å². The van der Waals surface area contributed by atoms with Crippen molar-refractivity contribution in [3.8, 4) is 0 Å². The minimum absolute atomic E-state index is 0.0307. The molecule has 0 rings (SSSR count). The summed E-state index contributed by atoms with van der Waals surface area (Å²) in [7, 11) is 0. The SMILES string of the molecule is CC(C)OCCNC(=O)C(C)(C)CCO. The highest BCUT2D eigenvalue weighted by Gasteiger charge is 2.26. The third kappa shape index (κ3) is 6.47. The Hall–Kier alpha value is -0.610. The van der Waals surface area contributed by atoms with Crippen LogP contribution in [0.25, 0.3) is 0 Å². The first kappa shape index (κ1) is 14.4. The van der Waals surface area contributed by atoms with E-state index < -0.39 is 5.41 Å². The largest absolute Gasteiger partial charge is 0.396 e. The molecule has 0 aliphatic rings. The molecular formula is C11H23NO3. The predicted molar refractivity (Wildman–Crippen MR) is 59.6 cm³/mol. The van der Waals surface area contributed by atoms with Gasteiger partial charge in [-0.05, 0) is 20.3 Å². The van der Waals surface area contributed by atoms with E-state index >= 15 is 0 Å². The highest BCUT2D eigenvalue weighted by Crippen LogP contribution is 2.19. The molecule has 0 heterocycles. The number of aliphatic hydroxyl groups is 1. The monoisotopic (exact) mass is 217 g/mol. The van der Waals surface area contributed by atoms with Gasteiger partial charge in [0.05, 0.1) is 12.7 Å². The molecule has 0 unspecified atom stereocenters. The molecule has 2 N–H and O–H groups in total. The Labute approximate surface area is 92.0 Å². The summed E-state index contributed by atoms with van der Waals surface area (Å²) in [6.07, 6.45) is 0.663. The average Bonchev–Trinajstić information content (AvgIpc) is 2.11. The average molecular weight is 217 g/mol. The van der Waals surface area contributed by atoms with Crippen molar-refractivity contribution in [1.82, 2.24) is 5.32 Å². The van der Waals surface area contributed by atoms with Crippen LogP contribution in [0.5, 0.6) is 0 Å². The molecule has 1 amide bonds. The van der Waals surface area contributed by atoms with Crippen molar-refractivity contribution in [2.24, 2.45) is 5.41 Å². The van der Waals surface area contributed by atoms with Crippen LogP contribution < -0.4 is 5.32 Å². The zero-order valence-electron chi connectivity index (χ0n) is 10.2. The molecule has 15 heavy (non-hydrogen) atoms. The van der Waals surface area contributed by atoms with Gasteiger partial charge in [-0.15, -0.1) is 0 Å². The van der Waals surface area contributed by atoms with Gasteiger partial charge in [0, 0.05) is 18.6 Å². The van der Waals surface area contributed by atoms with Crippen LogP contribution in [0.15, 0.2) is 0 Å². The van der Waals surface area contributed by atoms with Gasteiger partial charge in [-0.3, -0.25) is 4.79 Å². The van der Waals surface area contributed by atoms with Crippen molar-refractivity contribution < 1.29 is 14.6 Å². The van der Waals surface area contributed by atoms with E-state index in [-0.39, 0.29) is 18.6 Å². The molecule has 0 bridgehead atoms. The zero-order valence-corrected chi connectivity index (χ0v) is 10.2. The fourth-order valence-corrected chi connectivity index (χ4v) is 1.09. The topological polar surface area (TPSA) is 58.6 Å². The van der Waals surface area contributed by atoms with Gasteiger partial charge < -0.3 is 15.2 Å². The van der Waals surface area contributed by atoms with E-state index in [0.29, 0.717) is 19.6 Å². The fraction of sp³-hybridized carbons (Fsp3) is 0.909. The number of hydrogen-bond donors (Lipinski definition) is 2. The maximum atomic E-state index is 11.6. The molecule has 0 saturated carbocycles. The van der Waals surface area contributed by atoms with E-state index in [2.05, 4.69) is 5.32 Å². The molecular weight excluding hydrogens is 194 g/mol. The minimum atomic E-state index is -0.507. The molecule has 0 aromatic rings. The lowest BCUT2D eigenvalue weighted by Gasteiger charge is -2.22. The second kappa shape index (κ2) is 6.80. The van der Waals surface area contributed by atoms with E-state index in [9.17, 15) is 4.79 Å². The lowest BCUT2D eigenvalue weighted by atomic mass is 9.89. The molecule has 90 valence electrons. The lowest BCUT2D eigenvalue weighted by Crippen LogP contribution is -2.39. The summed E-state index contributed by atoms with van der Waals surface area (Å²) < 4.78 is 5.30. The molecule has 4 heteroatoms. The summed E-state index contributed by atoms with van der Waals surface area (Å²) in [5, 5.41) is 11.6. The number of nitrogens with one attached hydrogen (secondary N) is 1. The van der Waals surface area contributed by atoms with Gasteiger partial charge in [0.1, 0.15) is 0 Å². The van der Waals surface area contributed by atoms with Crippen LogP contribution in [-0.4, -0.2) is 36.9 Å². The van der Waals surface area contributed by atoms with Crippen molar-refractivity contribution in [2.75, 3.05) is 19.8 Å². The van der Waals surface area contributed by atoms with Crippen LogP contribution >= 0.6 is 0 Å². The Morgan fingerprint density at radius 1 is 1.47 bits per heavy atom. The number of carbonyl (C=O) groups is 1. The summed E-state index contributed by atoms with van der Waals surface area (Å²) in [6, 6.07) is 0. The van der Waals surface area contributed by atoms with E-state index in [1.54, 1.807) is 0 Å². The molecule has 0 radical (unpaired) electrons. The summed E-state index contributed by atoms with van der Waals surface area (Å²) in [4.78, 5) is 11.6. The maximum Gasteiger partial charge on any atom is 0.225 e. The van der Waals surface area contributed by atoms with Gasteiger partial charge in [0.15, 0.2) is 0 Å². The van der Waals surface area contributed by atoms with Crippen LogP contribution in [0, 0.1) is 5.41 Å². The third-order valence-electron chi connectivity index (χ3n) is 2.19. The van der Waals surface area contributed by atoms with Crippen molar-refractivity contribution in [3.05, 3.63) is 0 Å². The standard InChI is InChI=1S/C11H23NO3/c1-9(2)15-8-6-12-10(14)11(3,4)5-7-13/h9,13H,5-8H2,1-4H3,(H,12,14). The summed E-state index contributed by atoms with van der Waals surface area (Å²) >= 11 is 0. The second-order valence-corrected chi connectivity index (χ2v) is 4.53. The smallest absolute Gasteiger partial charge is 0.225 e. The van der Waals surface area contributed by atoms with Gasteiger partial charge in [-0.25, -0.2) is 0 Å². The highest BCUT2D eigenvalue weighted by atomic mass is 16.5. The van der Waals surface area contributed by atoms with Gasteiger partial charge >= 0.3 is 0 Å². The number of hydrogen-bond acceptors (Lipinski definition) is 3. The lowest BCUT2D eigenvalue weighted by molar-refractivity contribution is -0.130. The molecule has 0 spiro atoms. The molecule has 0 aliphatic carbocycles. The second-order valence-electron chi connectivity index (χ2n) is 4.53. The van der Waals surface area contributed by atoms with Crippen molar-refractivity contribution >= 4 is 5.91 Å². The minimum Gasteiger partial charge on any atom is -0.396 e. The number of rotatable bonds is 7. The van der Waals surface area contributed by atoms with E-state index in [1.807, 2.05) is 27.7 Å². The summed E-state index contributed by atoms with van der Waals surface area (Å²) in [5.41, 5.74) is -0.507. The molecule has 0 fully saturated rings. The van der Waals surface area contributed by atoms with Crippen molar-refractivity contribution in [1.29, 1.82) is 0 Å². The van der Waals surface area contributed by atoms with E-state index in [0.717, 1.165) is 0 Å². The van der Waals surface area contributed by atoms with Gasteiger partial charge in [-0.2, -0.15) is 0 Å². The molecule has 0 atom stereocenters. The maximum absolute atomic E-state index is 11.6. The molecule has 4 nitrogen and oxygen atoms in total. The van der Waals surface area contributed by atoms with E-state index in [4.69, 9.17) is 9.84 Å². The highest BCUT2D eigenvalue weighted by molar-refractivity contribution is 5.81. The zero-order chi connectivity index (χ0) is 11.9. The first-order chi connectivity index (χ1) is 6.90. The summed E-state index contributed by atoms with van der Waals surface area (Å²) in [5.74, 6) is -0.0380. The Balaban J connectivity index is 3.73. The molecule has 0 saturated heterocycles. The fourth-order valence-electron chi connectivity index (χ4n) is 1.09. The number of ether oxygens (including phenoxy) is 1.